The smallest absolute Gasteiger partial charge is 0.292 e. The lowest BCUT2D eigenvalue weighted by atomic mass is 10.00. The van der Waals surface area contributed by atoms with E-state index < -0.39 is 11.4 Å². The Morgan fingerprint density at radius 1 is 1.19 bits per heavy atom. The zero-order valence-electron chi connectivity index (χ0n) is 14.0. The summed E-state index contributed by atoms with van der Waals surface area (Å²) in [7, 11) is 0. The second-order valence-corrected chi connectivity index (χ2v) is 6.87. The van der Waals surface area contributed by atoms with Crippen LogP contribution < -0.4 is 15.6 Å². The van der Waals surface area contributed by atoms with Crippen molar-refractivity contribution in [3.63, 3.8) is 0 Å². The molecule has 27 heavy (non-hydrogen) atoms. The highest BCUT2D eigenvalue weighted by Gasteiger charge is 2.25. The van der Waals surface area contributed by atoms with Gasteiger partial charge in [0, 0.05) is 17.0 Å². The Morgan fingerprint density at radius 2 is 1.96 bits per heavy atom. The molecule has 0 fully saturated rings. The monoisotopic (exact) mass is 405 g/mol. The molecule has 1 N–H and O–H groups in total. The number of fused-ring (bicyclic) bond motifs is 1. The van der Waals surface area contributed by atoms with Crippen LogP contribution in [0.4, 0.5) is 10.1 Å². The summed E-state index contributed by atoms with van der Waals surface area (Å²) in [5.41, 5.74) is 1.15. The van der Waals surface area contributed by atoms with Crippen molar-refractivity contribution in [1.29, 1.82) is 0 Å². The number of aromatic nitrogens is 2. The topological polar surface area (TPSA) is 56.1 Å². The Labute approximate surface area is 164 Å². The summed E-state index contributed by atoms with van der Waals surface area (Å²) in [4.78, 5) is 12.6. The number of para-hydroxylation sites is 1. The van der Waals surface area contributed by atoms with Gasteiger partial charge in [0.05, 0.1) is 30.2 Å². The van der Waals surface area contributed by atoms with E-state index in [9.17, 15) is 9.18 Å². The highest BCUT2D eigenvalue weighted by atomic mass is 35.5. The molecule has 5 nitrogen and oxygen atoms in total. The fourth-order valence-electron chi connectivity index (χ4n) is 3.02. The Bertz CT molecular complexity index is 1050. The number of ether oxygens (including phenoxy) is 1. The largest absolute Gasteiger partial charge is 0.490 e. The first-order valence-corrected chi connectivity index (χ1v) is 9.01. The van der Waals surface area contributed by atoms with Crippen LogP contribution >= 0.6 is 23.2 Å². The molecule has 0 unspecified atom stereocenters. The van der Waals surface area contributed by atoms with Gasteiger partial charge in [0.15, 0.2) is 11.6 Å². The van der Waals surface area contributed by atoms with Gasteiger partial charge in [-0.15, -0.1) is 0 Å². The van der Waals surface area contributed by atoms with Crippen molar-refractivity contribution in [3.8, 4) is 11.4 Å². The maximum atomic E-state index is 13.9. The van der Waals surface area contributed by atoms with E-state index in [1.807, 2.05) is 0 Å². The third-order valence-corrected chi connectivity index (χ3v) is 4.96. The molecule has 0 saturated heterocycles. The maximum Gasteiger partial charge on any atom is 0.292 e. The summed E-state index contributed by atoms with van der Waals surface area (Å²) in [6.45, 7) is 0.360. The number of rotatable bonds is 3. The molecule has 4 rings (SSSR count). The molecule has 2 aromatic carbocycles. The fraction of sp³-hybridized carbons (Fsp3) is 0.158. The van der Waals surface area contributed by atoms with Gasteiger partial charge in [0.2, 0.25) is 0 Å². The minimum absolute atomic E-state index is 0.00407. The average Bonchev–Trinajstić information content (AvgIpc) is 2.67. The van der Waals surface area contributed by atoms with Crippen LogP contribution in [0.3, 0.4) is 0 Å². The summed E-state index contributed by atoms with van der Waals surface area (Å²) in [6.07, 6.45) is 2.08. The molecule has 1 aliphatic rings. The summed E-state index contributed by atoms with van der Waals surface area (Å²) in [6, 6.07) is 11.2. The quantitative estimate of drug-likeness (QED) is 0.690. The van der Waals surface area contributed by atoms with E-state index in [1.54, 1.807) is 36.4 Å². The minimum Gasteiger partial charge on any atom is -0.490 e. The van der Waals surface area contributed by atoms with Crippen LogP contribution in [0, 0.1) is 5.82 Å². The summed E-state index contributed by atoms with van der Waals surface area (Å²) in [5, 5.41) is 7.93. The Morgan fingerprint density at radius 3 is 2.74 bits per heavy atom. The van der Waals surface area contributed by atoms with E-state index in [0.717, 1.165) is 0 Å². The number of hydrogen-bond acceptors (Lipinski definition) is 4. The van der Waals surface area contributed by atoms with E-state index in [4.69, 9.17) is 27.9 Å². The zero-order valence-corrected chi connectivity index (χ0v) is 15.5. The molecule has 1 aliphatic heterocycles. The van der Waals surface area contributed by atoms with Crippen LogP contribution in [0.25, 0.3) is 5.69 Å². The van der Waals surface area contributed by atoms with Crippen LogP contribution in [0.5, 0.6) is 5.75 Å². The third kappa shape index (κ3) is 3.38. The van der Waals surface area contributed by atoms with Crippen LogP contribution in [0.1, 0.15) is 18.0 Å². The molecule has 138 valence electrons. The summed E-state index contributed by atoms with van der Waals surface area (Å²) in [5.74, 6) is -0.193. The molecule has 0 amide bonds. The van der Waals surface area contributed by atoms with Gasteiger partial charge in [-0.05, 0) is 30.3 Å². The van der Waals surface area contributed by atoms with Crippen molar-refractivity contribution in [2.45, 2.75) is 12.5 Å². The second-order valence-electron chi connectivity index (χ2n) is 6.06. The summed E-state index contributed by atoms with van der Waals surface area (Å²) < 4.78 is 20.6. The lowest BCUT2D eigenvalue weighted by molar-refractivity contribution is 0.260. The van der Waals surface area contributed by atoms with E-state index in [-0.39, 0.29) is 16.8 Å². The second kappa shape index (κ2) is 7.21. The summed E-state index contributed by atoms with van der Waals surface area (Å²) >= 11 is 12.2. The van der Waals surface area contributed by atoms with Crippen molar-refractivity contribution in [2.24, 2.45) is 0 Å². The van der Waals surface area contributed by atoms with Crippen molar-refractivity contribution < 1.29 is 9.13 Å². The SMILES string of the molecule is O=c1c(Cl)c(N[C@H]2CCOc3c(F)cccc32)cnn1-c1ccc(Cl)cc1. The molecule has 1 aromatic heterocycles. The van der Waals surface area contributed by atoms with Gasteiger partial charge in [-0.2, -0.15) is 9.78 Å². The van der Waals surface area contributed by atoms with E-state index in [0.29, 0.717) is 35.0 Å². The number of halogens is 3. The highest BCUT2D eigenvalue weighted by molar-refractivity contribution is 6.33. The Hall–Kier alpha value is -2.57. The van der Waals surface area contributed by atoms with Crippen LogP contribution in [0.2, 0.25) is 10.0 Å². The molecule has 0 saturated carbocycles. The van der Waals surface area contributed by atoms with Crippen LogP contribution in [0.15, 0.2) is 53.5 Å². The van der Waals surface area contributed by atoms with E-state index >= 15 is 0 Å². The molecule has 2 heterocycles. The molecule has 8 heteroatoms. The minimum atomic E-state index is -0.462. The molecule has 1 atom stereocenters. The van der Waals surface area contributed by atoms with Crippen molar-refractivity contribution >= 4 is 28.9 Å². The Balaban J connectivity index is 1.67. The van der Waals surface area contributed by atoms with E-state index in [2.05, 4.69) is 10.4 Å². The average molecular weight is 406 g/mol. The molecular formula is C19H14Cl2FN3O2. The van der Waals surface area contributed by atoms with Gasteiger partial charge < -0.3 is 10.1 Å². The van der Waals surface area contributed by atoms with Gasteiger partial charge in [-0.25, -0.2) is 4.39 Å². The molecule has 0 aliphatic carbocycles. The molecule has 3 aromatic rings. The lowest BCUT2D eigenvalue weighted by Gasteiger charge is -2.27. The number of benzene rings is 2. The first-order valence-electron chi connectivity index (χ1n) is 8.26. The Kier molecular flexibility index (Phi) is 4.76. The zero-order chi connectivity index (χ0) is 19.0. The third-order valence-electron chi connectivity index (χ3n) is 4.35. The molecule has 0 bridgehead atoms. The predicted octanol–water partition coefficient (Wildman–Crippen LogP) is 4.61. The molecule has 0 spiro atoms. The van der Waals surface area contributed by atoms with Crippen LogP contribution in [-0.4, -0.2) is 16.4 Å². The first kappa shape index (κ1) is 17.8. The normalized spacial score (nSPS) is 15.7. The van der Waals surface area contributed by atoms with E-state index in [1.165, 1.54) is 16.9 Å². The lowest BCUT2D eigenvalue weighted by Crippen LogP contribution is -2.25. The van der Waals surface area contributed by atoms with Crippen molar-refractivity contribution in [2.75, 3.05) is 11.9 Å². The highest BCUT2D eigenvalue weighted by Crippen LogP contribution is 2.36. The van der Waals surface area contributed by atoms with Gasteiger partial charge in [0.1, 0.15) is 5.02 Å². The number of nitrogens with zero attached hydrogens (tertiary/aromatic N) is 2. The number of anilines is 1. The van der Waals surface area contributed by atoms with Gasteiger partial charge in [-0.1, -0.05) is 35.3 Å². The fourth-order valence-corrected chi connectivity index (χ4v) is 3.33. The maximum absolute atomic E-state index is 13.9. The number of hydrogen-bond donors (Lipinski definition) is 1. The van der Waals surface area contributed by atoms with Gasteiger partial charge >= 0.3 is 0 Å². The van der Waals surface area contributed by atoms with Gasteiger partial charge in [0.25, 0.3) is 5.56 Å². The molecular weight excluding hydrogens is 392 g/mol. The van der Waals surface area contributed by atoms with Crippen molar-refractivity contribution in [1.82, 2.24) is 9.78 Å². The predicted molar refractivity (Wildman–Crippen MR) is 103 cm³/mol. The van der Waals surface area contributed by atoms with Crippen LogP contribution in [-0.2, 0) is 0 Å². The standard InChI is InChI=1S/C19H14Cl2FN3O2/c20-11-4-6-12(7-5-11)25-19(26)17(21)16(10-23-25)24-15-8-9-27-18-13(15)2-1-3-14(18)22/h1-7,10,15,24H,8-9H2/t15-/m0/s1. The molecule has 0 radical (unpaired) electrons. The van der Waals surface area contributed by atoms with Gasteiger partial charge in [-0.3, -0.25) is 4.79 Å². The first-order chi connectivity index (χ1) is 13.0. The number of nitrogens with one attached hydrogen (secondary N) is 1. The van der Waals surface area contributed by atoms with Crippen molar-refractivity contribution in [3.05, 3.63) is 80.4 Å².